The third-order valence-corrected chi connectivity index (χ3v) is 4.45. The monoisotopic (exact) mass is 477 g/mol. The molecule has 0 aliphatic carbocycles. The molecule has 3 rings (SSSR count). The molecule has 0 bridgehead atoms. The fourth-order valence-electron chi connectivity index (χ4n) is 2.75. The summed E-state index contributed by atoms with van der Waals surface area (Å²) < 4.78 is 45.7. The zero-order chi connectivity index (χ0) is 24.2. The van der Waals surface area contributed by atoms with Crippen molar-refractivity contribution in [3.05, 3.63) is 64.8 Å². The number of hydrogen-bond donors (Lipinski definition) is 2. The van der Waals surface area contributed by atoms with Crippen molar-refractivity contribution >= 4 is 34.8 Å². The van der Waals surface area contributed by atoms with Crippen LogP contribution in [0.2, 0.25) is 5.02 Å². The van der Waals surface area contributed by atoms with Crippen LogP contribution in [0.15, 0.2) is 48.5 Å². The summed E-state index contributed by atoms with van der Waals surface area (Å²) in [6.45, 7) is 0.633. The summed E-state index contributed by atoms with van der Waals surface area (Å²) in [6.07, 6.45) is -4.74. The van der Waals surface area contributed by atoms with Gasteiger partial charge in [0, 0.05) is 18.7 Å². The van der Waals surface area contributed by atoms with Gasteiger partial charge in [0.25, 0.3) is 5.91 Å². The number of hydrogen-bond acceptors (Lipinski definition) is 5. The molecule has 1 heterocycles. The Labute approximate surface area is 190 Å². The molecule has 2 amide bonds. The predicted octanol–water partition coefficient (Wildman–Crippen LogP) is 4.39. The van der Waals surface area contributed by atoms with Crippen LogP contribution in [-0.2, 0) is 15.8 Å². The number of ether oxygens (including phenoxy) is 1. The van der Waals surface area contributed by atoms with E-state index >= 15 is 0 Å². The summed E-state index contributed by atoms with van der Waals surface area (Å²) in [6, 6.07) is 12.8. The number of benzene rings is 2. The number of nitrogens with zero attached hydrogens (tertiary/aromatic N) is 3. The lowest BCUT2D eigenvalue weighted by Gasteiger charge is -2.11. The third kappa shape index (κ3) is 5.81. The average Bonchev–Trinajstić information content (AvgIpc) is 3.18. The Morgan fingerprint density at radius 2 is 1.91 bits per heavy atom. The van der Waals surface area contributed by atoms with E-state index in [0.717, 1.165) is 4.68 Å². The maximum atomic E-state index is 13.2. The molecule has 0 saturated carbocycles. The molecule has 0 unspecified atom stereocenters. The van der Waals surface area contributed by atoms with Gasteiger partial charge in [-0.2, -0.15) is 28.2 Å². The molecule has 170 valence electrons. The van der Waals surface area contributed by atoms with Crippen molar-refractivity contribution in [2.45, 2.75) is 13.1 Å². The standard InChI is InChI=1S/C21H15ClF3N5O3/c1-12(31)27-16-7-6-14(8-13(16)10-26)28-19(32)11-33-20-9-18(21(23,24)25)29-30(20)17-5-3-2-4-15(17)22/h2-9H,11H2,1H3,(H,27,31)(H,28,32). The maximum Gasteiger partial charge on any atom is 0.435 e. The molecule has 2 aromatic carbocycles. The molecule has 0 aliphatic heterocycles. The molecule has 0 aliphatic rings. The Kier molecular flexibility index (Phi) is 6.89. The van der Waals surface area contributed by atoms with Crippen LogP contribution in [-0.4, -0.2) is 28.2 Å². The number of anilines is 2. The van der Waals surface area contributed by atoms with Crippen molar-refractivity contribution < 1.29 is 27.5 Å². The summed E-state index contributed by atoms with van der Waals surface area (Å²) in [5.74, 6) is -1.42. The molecule has 0 radical (unpaired) electrons. The number of nitrogens with one attached hydrogen (secondary N) is 2. The zero-order valence-electron chi connectivity index (χ0n) is 16.9. The Morgan fingerprint density at radius 1 is 1.18 bits per heavy atom. The van der Waals surface area contributed by atoms with Crippen molar-refractivity contribution in [3.63, 3.8) is 0 Å². The Balaban J connectivity index is 1.78. The largest absolute Gasteiger partial charge is 0.467 e. The van der Waals surface area contributed by atoms with Crippen LogP contribution in [0.4, 0.5) is 24.5 Å². The molecule has 0 spiro atoms. The highest BCUT2D eigenvalue weighted by atomic mass is 35.5. The van der Waals surface area contributed by atoms with E-state index in [-0.39, 0.29) is 39.4 Å². The normalized spacial score (nSPS) is 10.9. The number of para-hydroxylation sites is 1. The van der Waals surface area contributed by atoms with E-state index in [1.807, 2.05) is 6.07 Å². The van der Waals surface area contributed by atoms with Crippen LogP contribution in [0.5, 0.6) is 5.88 Å². The molecule has 8 nitrogen and oxygen atoms in total. The molecule has 0 saturated heterocycles. The van der Waals surface area contributed by atoms with Gasteiger partial charge in [0.1, 0.15) is 6.07 Å². The van der Waals surface area contributed by atoms with E-state index in [1.54, 1.807) is 12.1 Å². The molecule has 1 aromatic heterocycles. The first kappa shape index (κ1) is 23.6. The first-order valence-corrected chi connectivity index (χ1v) is 9.63. The lowest BCUT2D eigenvalue weighted by Crippen LogP contribution is -2.21. The van der Waals surface area contributed by atoms with E-state index in [2.05, 4.69) is 15.7 Å². The lowest BCUT2D eigenvalue weighted by molar-refractivity contribution is -0.141. The number of carbonyl (C=O) groups excluding carboxylic acids is 2. The van der Waals surface area contributed by atoms with Gasteiger partial charge in [0.15, 0.2) is 12.3 Å². The SMILES string of the molecule is CC(=O)Nc1ccc(NC(=O)COc2cc(C(F)(F)F)nn2-c2ccccc2Cl)cc1C#N. The molecule has 0 atom stereocenters. The predicted molar refractivity (Wildman–Crippen MR) is 113 cm³/mol. The molecule has 33 heavy (non-hydrogen) atoms. The fourth-order valence-corrected chi connectivity index (χ4v) is 2.97. The molecule has 0 fully saturated rings. The van der Waals surface area contributed by atoms with Crippen molar-refractivity contribution in [1.29, 1.82) is 5.26 Å². The first-order chi connectivity index (χ1) is 15.6. The quantitative estimate of drug-likeness (QED) is 0.547. The third-order valence-electron chi connectivity index (χ3n) is 4.13. The summed E-state index contributed by atoms with van der Waals surface area (Å²) in [5, 5.41) is 17.8. The Hall–Kier alpha value is -4.04. The van der Waals surface area contributed by atoms with Gasteiger partial charge in [-0.1, -0.05) is 23.7 Å². The first-order valence-electron chi connectivity index (χ1n) is 9.25. The number of amides is 2. The van der Waals surface area contributed by atoms with Gasteiger partial charge in [0.05, 0.1) is 22.0 Å². The van der Waals surface area contributed by atoms with Crippen LogP contribution in [0.1, 0.15) is 18.2 Å². The number of carbonyl (C=O) groups is 2. The minimum atomic E-state index is -4.74. The van der Waals surface area contributed by atoms with Gasteiger partial charge in [-0.15, -0.1) is 0 Å². The second-order valence-corrected chi connectivity index (χ2v) is 7.03. The molecule has 2 N–H and O–H groups in total. The van der Waals surface area contributed by atoms with Crippen LogP contribution in [0.3, 0.4) is 0 Å². The smallest absolute Gasteiger partial charge is 0.435 e. The number of rotatable bonds is 6. The Morgan fingerprint density at radius 3 is 2.55 bits per heavy atom. The van der Waals surface area contributed by atoms with Crippen LogP contribution < -0.4 is 15.4 Å². The average molecular weight is 478 g/mol. The summed E-state index contributed by atoms with van der Waals surface area (Å²) in [5.41, 5.74) is -0.481. The number of halogens is 4. The van der Waals surface area contributed by atoms with E-state index < -0.39 is 24.4 Å². The van der Waals surface area contributed by atoms with Crippen molar-refractivity contribution in [2.75, 3.05) is 17.2 Å². The second-order valence-electron chi connectivity index (χ2n) is 6.62. The Bertz CT molecular complexity index is 1250. The van der Waals surface area contributed by atoms with Crippen LogP contribution in [0.25, 0.3) is 5.69 Å². The summed E-state index contributed by atoms with van der Waals surface area (Å²) >= 11 is 6.07. The lowest BCUT2D eigenvalue weighted by atomic mass is 10.1. The molecular formula is C21H15ClF3N5O3. The molecular weight excluding hydrogens is 463 g/mol. The minimum absolute atomic E-state index is 0.107. The highest BCUT2D eigenvalue weighted by Crippen LogP contribution is 2.33. The van der Waals surface area contributed by atoms with Gasteiger partial charge >= 0.3 is 6.18 Å². The highest BCUT2D eigenvalue weighted by molar-refractivity contribution is 6.32. The van der Waals surface area contributed by atoms with Gasteiger partial charge in [0.2, 0.25) is 11.8 Å². The van der Waals surface area contributed by atoms with Gasteiger partial charge in [-0.25, -0.2) is 0 Å². The van der Waals surface area contributed by atoms with Crippen LogP contribution >= 0.6 is 11.6 Å². The fraction of sp³-hybridized carbons (Fsp3) is 0.143. The molecule has 12 heteroatoms. The van der Waals surface area contributed by atoms with Crippen LogP contribution in [0, 0.1) is 11.3 Å². The van der Waals surface area contributed by atoms with Crippen molar-refractivity contribution in [3.8, 4) is 17.6 Å². The van der Waals surface area contributed by atoms with E-state index in [1.165, 1.54) is 37.3 Å². The van der Waals surface area contributed by atoms with E-state index in [9.17, 15) is 28.0 Å². The van der Waals surface area contributed by atoms with Crippen molar-refractivity contribution in [1.82, 2.24) is 9.78 Å². The number of aromatic nitrogens is 2. The second kappa shape index (κ2) is 9.62. The van der Waals surface area contributed by atoms with Gasteiger partial charge in [-0.05, 0) is 30.3 Å². The van der Waals surface area contributed by atoms with Crippen molar-refractivity contribution in [2.24, 2.45) is 0 Å². The van der Waals surface area contributed by atoms with E-state index in [4.69, 9.17) is 16.3 Å². The summed E-state index contributed by atoms with van der Waals surface area (Å²) in [4.78, 5) is 23.5. The zero-order valence-corrected chi connectivity index (χ0v) is 17.7. The maximum absolute atomic E-state index is 13.2. The highest BCUT2D eigenvalue weighted by Gasteiger charge is 2.36. The number of alkyl halides is 3. The minimum Gasteiger partial charge on any atom is -0.467 e. The van der Waals surface area contributed by atoms with Gasteiger partial charge < -0.3 is 15.4 Å². The summed E-state index contributed by atoms with van der Waals surface area (Å²) in [7, 11) is 0. The topological polar surface area (TPSA) is 109 Å². The molecule has 3 aromatic rings. The van der Waals surface area contributed by atoms with E-state index in [0.29, 0.717) is 6.07 Å². The van der Waals surface area contributed by atoms with Gasteiger partial charge in [-0.3, -0.25) is 9.59 Å². The number of nitriles is 1.